The second kappa shape index (κ2) is 7.27. The van der Waals surface area contributed by atoms with Crippen molar-refractivity contribution in [3.8, 4) is 0 Å². The highest BCUT2D eigenvalue weighted by Gasteiger charge is 2.26. The van der Waals surface area contributed by atoms with Gasteiger partial charge in [0.15, 0.2) is 0 Å². The van der Waals surface area contributed by atoms with E-state index in [1.165, 1.54) is 6.07 Å². The summed E-state index contributed by atoms with van der Waals surface area (Å²) in [5, 5.41) is 9.07. The number of halogens is 1. The highest BCUT2D eigenvalue weighted by Crippen LogP contribution is 2.27. The molecule has 1 N–H and O–H groups in total. The van der Waals surface area contributed by atoms with Crippen LogP contribution in [0.3, 0.4) is 0 Å². The molecule has 2 saturated heterocycles. The minimum Gasteiger partial charge on any atom is -0.481 e. The highest BCUT2D eigenvalue weighted by atomic mass is 19.1. The first-order chi connectivity index (χ1) is 11.1. The molecular formula is C17H23FN2O3. The molecule has 3 rings (SSSR count). The molecule has 2 heterocycles. The summed E-state index contributed by atoms with van der Waals surface area (Å²) in [4.78, 5) is 15.3. The number of benzene rings is 1. The Kier molecular flexibility index (Phi) is 5.13. The number of piperidine rings is 1. The van der Waals surface area contributed by atoms with Crippen LogP contribution in [-0.4, -0.2) is 55.4 Å². The lowest BCUT2D eigenvalue weighted by Gasteiger charge is -2.33. The van der Waals surface area contributed by atoms with Crippen LogP contribution < -0.4 is 4.90 Å². The van der Waals surface area contributed by atoms with Crippen molar-refractivity contribution in [2.75, 3.05) is 44.3 Å². The molecule has 2 aliphatic rings. The Balaban J connectivity index is 1.67. The van der Waals surface area contributed by atoms with E-state index in [2.05, 4.69) is 4.90 Å². The zero-order valence-electron chi connectivity index (χ0n) is 13.2. The summed E-state index contributed by atoms with van der Waals surface area (Å²) in [6.45, 7) is 5.27. The Morgan fingerprint density at radius 2 is 1.91 bits per heavy atom. The van der Waals surface area contributed by atoms with E-state index >= 15 is 0 Å². The maximum atomic E-state index is 14.2. The van der Waals surface area contributed by atoms with Crippen molar-refractivity contribution in [3.63, 3.8) is 0 Å². The zero-order valence-corrected chi connectivity index (χ0v) is 13.2. The third kappa shape index (κ3) is 4.00. The van der Waals surface area contributed by atoms with Crippen LogP contribution in [-0.2, 0) is 16.1 Å². The lowest BCUT2D eigenvalue weighted by molar-refractivity contribution is -0.142. The topological polar surface area (TPSA) is 53.0 Å². The summed E-state index contributed by atoms with van der Waals surface area (Å²) in [5.74, 6) is -1.28. The first-order valence-electron chi connectivity index (χ1n) is 8.20. The predicted octanol–water partition coefficient (Wildman–Crippen LogP) is 1.96. The van der Waals surface area contributed by atoms with E-state index in [4.69, 9.17) is 9.84 Å². The summed E-state index contributed by atoms with van der Waals surface area (Å²) >= 11 is 0. The van der Waals surface area contributed by atoms with Gasteiger partial charge in [0.05, 0.1) is 24.8 Å². The first kappa shape index (κ1) is 16.2. The molecule has 0 unspecified atom stereocenters. The van der Waals surface area contributed by atoms with Gasteiger partial charge in [0, 0.05) is 32.7 Å². The van der Waals surface area contributed by atoms with Gasteiger partial charge in [-0.3, -0.25) is 9.69 Å². The molecule has 23 heavy (non-hydrogen) atoms. The Hall–Kier alpha value is -1.66. The second-order valence-corrected chi connectivity index (χ2v) is 6.27. The Morgan fingerprint density at radius 3 is 2.57 bits per heavy atom. The van der Waals surface area contributed by atoms with E-state index in [0.717, 1.165) is 38.4 Å². The standard InChI is InChI=1S/C17H23FN2O3/c18-15-2-1-13(12-19-7-9-23-10-8-19)11-16(15)20-5-3-14(4-6-20)17(21)22/h1-2,11,14H,3-10,12H2,(H,21,22). The quantitative estimate of drug-likeness (QED) is 0.918. The Bertz CT molecular complexity index is 553. The molecule has 1 aromatic rings. The van der Waals surface area contributed by atoms with E-state index in [-0.39, 0.29) is 11.7 Å². The lowest BCUT2D eigenvalue weighted by atomic mass is 9.96. The van der Waals surface area contributed by atoms with E-state index in [9.17, 15) is 9.18 Å². The number of hydrogen-bond acceptors (Lipinski definition) is 4. The molecule has 0 radical (unpaired) electrons. The van der Waals surface area contributed by atoms with Gasteiger partial charge in [0.2, 0.25) is 0 Å². The predicted molar refractivity (Wildman–Crippen MR) is 85.1 cm³/mol. The van der Waals surface area contributed by atoms with Gasteiger partial charge >= 0.3 is 5.97 Å². The van der Waals surface area contributed by atoms with Crippen LogP contribution in [0.5, 0.6) is 0 Å². The number of morpholine rings is 1. The van der Waals surface area contributed by atoms with E-state index in [1.807, 2.05) is 17.0 Å². The molecule has 5 nitrogen and oxygen atoms in total. The van der Waals surface area contributed by atoms with Gasteiger partial charge in [-0.15, -0.1) is 0 Å². The molecule has 0 spiro atoms. The summed E-state index contributed by atoms with van der Waals surface area (Å²) in [6.07, 6.45) is 1.14. The molecule has 126 valence electrons. The van der Waals surface area contributed by atoms with Gasteiger partial charge in [0.1, 0.15) is 5.82 Å². The smallest absolute Gasteiger partial charge is 0.306 e. The molecule has 2 aliphatic heterocycles. The minimum atomic E-state index is -0.744. The maximum absolute atomic E-state index is 14.2. The van der Waals surface area contributed by atoms with Crippen LogP contribution in [0.2, 0.25) is 0 Å². The molecule has 0 bridgehead atoms. The number of hydrogen-bond donors (Lipinski definition) is 1. The van der Waals surface area contributed by atoms with Gasteiger partial charge in [-0.2, -0.15) is 0 Å². The van der Waals surface area contributed by atoms with Crippen LogP contribution in [0, 0.1) is 11.7 Å². The normalized spacial score (nSPS) is 20.7. The molecular weight excluding hydrogens is 299 g/mol. The first-order valence-corrected chi connectivity index (χ1v) is 8.20. The summed E-state index contributed by atoms with van der Waals surface area (Å²) in [6, 6.07) is 5.26. The fraction of sp³-hybridized carbons (Fsp3) is 0.588. The van der Waals surface area contributed by atoms with Crippen LogP contribution in [0.25, 0.3) is 0 Å². The summed E-state index contributed by atoms with van der Waals surface area (Å²) < 4.78 is 19.5. The van der Waals surface area contributed by atoms with Crippen molar-refractivity contribution in [2.24, 2.45) is 5.92 Å². The van der Waals surface area contributed by atoms with Crippen molar-refractivity contribution >= 4 is 11.7 Å². The third-order valence-corrected chi connectivity index (χ3v) is 4.71. The van der Waals surface area contributed by atoms with Crippen molar-refractivity contribution in [2.45, 2.75) is 19.4 Å². The van der Waals surface area contributed by atoms with E-state index < -0.39 is 5.97 Å². The average molecular weight is 322 g/mol. The number of carboxylic acids is 1. The monoisotopic (exact) mass is 322 g/mol. The molecule has 1 aromatic carbocycles. The molecule has 0 saturated carbocycles. The maximum Gasteiger partial charge on any atom is 0.306 e. The third-order valence-electron chi connectivity index (χ3n) is 4.71. The second-order valence-electron chi connectivity index (χ2n) is 6.27. The Labute approximate surface area is 135 Å². The van der Waals surface area contributed by atoms with Gasteiger partial charge in [0.25, 0.3) is 0 Å². The van der Waals surface area contributed by atoms with Gasteiger partial charge in [-0.05, 0) is 30.5 Å². The lowest BCUT2D eigenvalue weighted by Crippen LogP contribution is -2.37. The summed E-state index contributed by atoms with van der Waals surface area (Å²) in [7, 11) is 0. The number of anilines is 1. The minimum absolute atomic E-state index is 0.232. The van der Waals surface area contributed by atoms with Gasteiger partial charge in [-0.1, -0.05) is 6.07 Å². The van der Waals surface area contributed by atoms with Crippen molar-refractivity contribution < 1.29 is 19.0 Å². The number of carboxylic acid groups (broad SMARTS) is 1. The van der Waals surface area contributed by atoms with Gasteiger partial charge in [-0.25, -0.2) is 4.39 Å². The number of rotatable bonds is 4. The number of nitrogens with zero attached hydrogens (tertiary/aromatic N) is 2. The fourth-order valence-corrected chi connectivity index (χ4v) is 3.28. The molecule has 0 aliphatic carbocycles. The van der Waals surface area contributed by atoms with E-state index in [0.29, 0.717) is 31.6 Å². The average Bonchev–Trinajstić information content (AvgIpc) is 2.58. The van der Waals surface area contributed by atoms with Crippen molar-refractivity contribution in [1.82, 2.24) is 4.90 Å². The van der Waals surface area contributed by atoms with Crippen molar-refractivity contribution in [1.29, 1.82) is 0 Å². The molecule has 0 amide bonds. The van der Waals surface area contributed by atoms with Crippen LogP contribution in [0.15, 0.2) is 18.2 Å². The molecule has 0 atom stereocenters. The number of aliphatic carboxylic acids is 1. The fourth-order valence-electron chi connectivity index (χ4n) is 3.28. The van der Waals surface area contributed by atoms with Crippen LogP contribution in [0.1, 0.15) is 18.4 Å². The largest absolute Gasteiger partial charge is 0.481 e. The van der Waals surface area contributed by atoms with Gasteiger partial charge < -0.3 is 14.7 Å². The summed E-state index contributed by atoms with van der Waals surface area (Å²) in [5.41, 5.74) is 1.68. The Morgan fingerprint density at radius 1 is 1.22 bits per heavy atom. The molecule has 0 aromatic heterocycles. The highest BCUT2D eigenvalue weighted by molar-refractivity contribution is 5.70. The number of ether oxygens (including phenoxy) is 1. The zero-order chi connectivity index (χ0) is 16.2. The number of carbonyl (C=O) groups is 1. The van der Waals surface area contributed by atoms with Crippen molar-refractivity contribution in [3.05, 3.63) is 29.6 Å². The van der Waals surface area contributed by atoms with Crippen LogP contribution >= 0.6 is 0 Å². The van der Waals surface area contributed by atoms with Crippen LogP contribution in [0.4, 0.5) is 10.1 Å². The SMILES string of the molecule is O=C(O)C1CCN(c2cc(CN3CCOCC3)ccc2F)CC1. The molecule has 6 heteroatoms. The molecule has 2 fully saturated rings. The van der Waals surface area contributed by atoms with E-state index in [1.54, 1.807) is 0 Å².